The van der Waals surface area contributed by atoms with Crippen molar-refractivity contribution in [2.45, 2.75) is 6.04 Å². The number of halogens is 1. The second-order valence-electron chi connectivity index (χ2n) is 5.04. The zero-order chi connectivity index (χ0) is 13.5. The highest BCUT2D eigenvalue weighted by Gasteiger charge is 2.32. The highest BCUT2D eigenvalue weighted by Crippen LogP contribution is 2.38. The van der Waals surface area contributed by atoms with E-state index >= 15 is 0 Å². The van der Waals surface area contributed by atoms with Gasteiger partial charge in [0, 0.05) is 5.69 Å². The van der Waals surface area contributed by atoms with Crippen LogP contribution in [0.4, 0.5) is 5.69 Å². The largest absolute Gasteiger partial charge is 0.323 e. The average molecular weight is 325 g/mol. The van der Waals surface area contributed by atoms with Crippen LogP contribution >= 0.6 is 15.9 Å². The lowest BCUT2D eigenvalue weighted by molar-refractivity contribution is 0.780. The minimum absolute atomic E-state index is 0.207. The number of nitrogens with zero attached hydrogens (tertiary/aromatic N) is 2. The summed E-state index contributed by atoms with van der Waals surface area (Å²) in [6.45, 7) is 0.902. The van der Waals surface area contributed by atoms with Gasteiger partial charge in [0.2, 0.25) is 0 Å². The first kappa shape index (κ1) is 11.9. The Morgan fingerprint density at radius 3 is 2.60 bits per heavy atom. The third-order valence-corrected chi connectivity index (χ3v) is 4.38. The molecule has 0 amide bonds. The topological polar surface area (TPSA) is 15.6 Å². The number of rotatable bonds is 1. The van der Waals surface area contributed by atoms with Gasteiger partial charge in [-0.25, -0.2) is 0 Å². The fraction of sp³-hybridized carbons (Fsp3) is 0.118. The van der Waals surface area contributed by atoms with Gasteiger partial charge in [-0.1, -0.05) is 48.5 Å². The van der Waals surface area contributed by atoms with Gasteiger partial charge in [0.25, 0.3) is 0 Å². The van der Waals surface area contributed by atoms with Gasteiger partial charge < -0.3 is 4.90 Å². The van der Waals surface area contributed by atoms with Crippen LogP contribution in [0.3, 0.4) is 0 Å². The third kappa shape index (κ3) is 1.81. The van der Waals surface area contributed by atoms with Crippen molar-refractivity contribution >= 4 is 33.5 Å². The second-order valence-corrected chi connectivity index (χ2v) is 5.90. The molecule has 2 heterocycles. The lowest BCUT2D eigenvalue weighted by Gasteiger charge is -2.26. The molecule has 2 aliphatic heterocycles. The van der Waals surface area contributed by atoms with Crippen LogP contribution in [-0.2, 0) is 0 Å². The van der Waals surface area contributed by atoms with E-state index in [0.29, 0.717) is 0 Å². The van der Waals surface area contributed by atoms with E-state index in [2.05, 4.69) is 75.4 Å². The predicted molar refractivity (Wildman–Crippen MR) is 87.3 cm³/mol. The Labute approximate surface area is 126 Å². The summed E-state index contributed by atoms with van der Waals surface area (Å²) in [5.74, 6) is 1.04. The lowest BCUT2D eigenvalue weighted by atomic mass is 10.1. The fourth-order valence-corrected chi connectivity index (χ4v) is 3.40. The zero-order valence-corrected chi connectivity index (χ0v) is 12.4. The molecule has 0 radical (unpaired) electrons. The number of aliphatic imine (C=N–C) groups is 1. The first-order valence-corrected chi connectivity index (χ1v) is 7.49. The molecule has 2 nitrogen and oxygen atoms in total. The minimum Gasteiger partial charge on any atom is -0.323 e. The van der Waals surface area contributed by atoms with E-state index < -0.39 is 0 Å². The lowest BCUT2D eigenvalue weighted by Crippen LogP contribution is -2.30. The summed E-state index contributed by atoms with van der Waals surface area (Å²) in [6.07, 6.45) is 2.15. The molecule has 20 heavy (non-hydrogen) atoms. The van der Waals surface area contributed by atoms with Crippen molar-refractivity contribution in [3.05, 3.63) is 70.2 Å². The zero-order valence-electron chi connectivity index (χ0n) is 10.8. The van der Waals surface area contributed by atoms with E-state index in [1.165, 1.54) is 16.8 Å². The average Bonchev–Trinajstić information content (AvgIpc) is 2.94. The molecule has 1 atom stereocenters. The monoisotopic (exact) mass is 324 g/mol. The highest BCUT2D eigenvalue weighted by molar-refractivity contribution is 9.12. The number of hydrogen-bond acceptors (Lipinski definition) is 2. The minimum atomic E-state index is 0.207. The number of hydrogen-bond donors (Lipinski definition) is 0. The Morgan fingerprint density at radius 2 is 1.75 bits per heavy atom. The Bertz CT molecular complexity index is 719. The van der Waals surface area contributed by atoms with E-state index in [4.69, 9.17) is 4.99 Å². The molecule has 0 saturated heterocycles. The molecule has 3 heteroatoms. The highest BCUT2D eigenvalue weighted by atomic mass is 79.9. The molecule has 0 aromatic heterocycles. The molecule has 0 spiro atoms. The standard InChI is InChI=1S/C17H13BrN2/c18-14-10-13-8-4-5-9-16(13)20-11-15(19-17(14)20)12-6-2-1-3-7-12/h1-10,15H,11H2/t15-/m1/s1. The van der Waals surface area contributed by atoms with Crippen molar-refractivity contribution in [2.75, 3.05) is 11.4 Å². The van der Waals surface area contributed by atoms with Gasteiger partial charge in [0.15, 0.2) is 0 Å². The van der Waals surface area contributed by atoms with Crippen LogP contribution in [0.2, 0.25) is 0 Å². The van der Waals surface area contributed by atoms with Gasteiger partial charge in [-0.15, -0.1) is 0 Å². The quantitative estimate of drug-likeness (QED) is 0.759. The van der Waals surface area contributed by atoms with E-state index in [1.54, 1.807) is 0 Å². The SMILES string of the molecule is BrC1=Cc2ccccc2N2C[C@H](c3ccccc3)N=C12. The first-order chi connectivity index (χ1) is 9.83. The van der Waals surface area contributed by atoms with E-state index in [-0.39, 0.29) is 6.04 Å². The molecule has 2 aliphatic rings. The molecule has 0 saturated carbocycles. The fourth-order valence-electron chi connectivity index (χ4n) is 2.83. The van der Waals surface area contributed by atoms with Crippen LogP contribution in [0.5, 0.6) is 0 Å². The maximum Gasteiger partial charge on any atom is 0.143 e. The number of para-hydroxylation sites is 1. The summed E-state index contributed by atoms with van der Waals surface area (Å²) < 4.78 is 1.06. The summed E-state index contributed by atoms with van der Waals surface area (Å²) in [6, 6.07) is 19.2. The van der Waals surface area contributed by atoms with Crippen LogP contribution in [0.25, 0.3) is 6.08 Å². The molecule has 2 aromatic carbocycles. The molecule has 0 bridgehead atoms. The van der Waals surface area contributed by atoms with Crippen LogP contribution in [0.1, 0.15) is 17.2 Å². The molecule has 2 aromatic rings. The molecule has 0 fully saturated rings. The molecule has 98 valence electrons. The van der Waals surface area contributed by atoms with Crippen molar-refractivity contribution in [1.29, 1.82) is 0 Å². The first-order valence-electron chi connectivity index (χ1n) is 6.70. The molecular formula is C17H13BrN2. The normalized spacial score (nSPS) is 20.1. The Morgan fingerprint density at radius 1 is 1.00 bits per heavy atom. The predicted octanol–water partition coefficient (Wildman–Crippen LogP) is 4.40. The van der Waals surface area contributed by atoms with Crippen molar-refractivity contribution < 1.29 is 0 Å². The van der Waals surface area contributed by atoms with Crippen molar-refractivity contribution in [3.8, 4) is 0 Å². The smallest absolute Gasteiger partial charge is 0.143 e. The van der Waals surface area contributed by atoms with Crippen LogP contribution in [0, 0.1) is 0 Å². The van der Waals surface area contributed by atoms with Gasteiger partial charge in [-0.2, -0.15) is 0 Å². The molecular weight excluding hydrogens is 312 g/mol. The van der Waals surface area contributed by atoms with Crippen molar-refractivity contribution in [2.24, 2.45) is 4.99 Å². The number of benzene rings is 2. The number of amidine groups is 1. The maximum atomic E-state index is 4.89. The van der Waals surface area contributed by atoms with Crippen molar-refractivity contribution in [3.63, 3.8) is 0 Å². The summed E-state index contributed by atoms with van der Waals surface area (Å²) in [4.78, 5) is 7.19. The summed E-state index contributed by atoms with van der Waals surface area (Å²) in [5, 5.41) is 0. The molecule has 4 rings (SSSR count). The Hall–Kier alpha value is -1.87. The Balaban J connectivity index is 1.78. The Kier molecular flexibility index (Phi) is 2.74. The maximum absolute atomic E-state index is 4.89. The second kappa shape index (κ2) is 4.60. The van der Waals surface area contributed by atoms with Crippen LogP contribution in [0.15, 0.2) is 64.1 Å². The van der Waals surface area contributed by atoms with Gasteiger partial charge in [0.05, 0.1) is 17.1 Å². The van der Waals surface area contributed by atoms with Gasteiger partial charge in [0.1, 0.15) is 5.84 Å². The van der Waals surface area contributed by atoms with Gasteiger partial charge in [-0.05, 0) is 39.2 Å². The van der Waals surface area contributed by atoms with Crippen LogP contribution < -0.4 is 4.90 Å². The van der Waals surface area contributed by atoms with E-state index in [1.807, 2.05) is 6.07 Å². The number of anilines is 1. The molecule has 0 N–H and O–H groups in total. The van der Waals surface area contributed by atoms with E-state index in [0.717, 1.165) is 16.9 Å². The third-order valence-electron chi connectivity index (χ3n) is 3.80. The van der Waals surface area contributed by atoms with Gasteiger partial charge in [-0.3, -0.25) is 4.99 Å². The summed E-state index contributed by atoms with van der Waals surface area (Å²) in [5.41, 5.74) is 3.76. The van der Waals surface area contributed by atoms with Crippen molar-refractivity contribution in [1.82, 2.24) is 0 Å². The summed E-state index contributed by atoms with van der Waals surface area (Å²) >= 11 is 3.65. The molecule has 0 aliphatic carbocycles. The van der Waals surface area contributed by atoms with Gasteiger partial charge >= 0.3 is 0 Å². The summed E-state index contributed by atoms with van der Waals surface area (Å²) in [7, 11) is 0. The number of fused-ring (bicyclic) bond motifs is 3. The van der Waals surface area contributed by atoms with E-state index in [9.17, 15) is 0 Å². The van der Waals surface area contributed by atoms with Crippen LogP contribution in [-0.4, -0.2) is 12.4 Å². The molecule has 0 unspecified atom stereocenters.